The second kappa shape index (κ2) is 4.22. The van der Waals surface area contributed by atoms with Crippen molar-refractivity contribution in [3.05, 3.63) is 65.2 Å². The van der Waals surface area contributed by atoms with Crippen LogP contribution in [0.5, 0.6) is 5.75 Å². The van der Waals surface area contributed by atoms with Crippen LogP contribution in [-0.2, 0) is 6.54 Å². The van der Waals surface area contributed by atoms with E-state index in [1.54, 1.807) is 7.11 Å². The summed E-state index contributed by atoms with van der Waals surface area (Å²) in [6.07, 6.45) is 0. The number of para-hydroxylation sites is 1. The number of fused-ring (bicyclic) bond motifs is 1. The molecule has 0 radical (unpaired) electrons. The first-order valence-electron chi connectivity index (χ1n) is 5.84. The molecule has 17 heavy (non-hydrogen) atoms. The molecule has 0 saturated heterocycles. The minimum atomic E-state index is 0.252. The van der Waals surface area contributed by atoms with Crippen molar-refractivity contribution in [3.8, 4) is 5.75 Å². The van der Waals surface area contributed by atoms with Gasteiger partial charge >= 0.3 is 0 Å². The van der Waals surface area contributed by atoms with E-state index in [0.29, 0.717) is 0 Å². The standard InChI is InChI=1S/C15H15NO/c1-17-14-9-5-4-8-13(14)15-12-7-3-2-6-11(12)10-16-15/h2-9,15-16H,10H2,1H3. The summed E-state index contributed by atoms with van der Waals surface area (Å²) in [6.45, 7) is 0.929. The fraction of sp³-hybridized carbons (Fsp3) is 0.200. The van der Waals surface area contributed by atoms with Crippen LogP contribution in [0, 0.1) is 0 Å². The molecular weight excluding hydrogens is 210 g/mol. The molecule has 0 aliphatic carbocycles. The molecule has 0 bridgehead atoms. The molecule has 1 heterocycles. The summed E-state index contributed by atoms with van der Waals surface area (Å²) in [5.41, 5.74) is 3.94. The number of nitrogens with one attached hydrogen (secondary N) is 1. The van der Waals surface area contributed by atoms with Gasteiger partial charge in [-0.05, 0) is 17.2 Å². The van der Waals surface area contributed by atoms with Crippen molar-refractivity contribution in [2.24, 2.45) is 0 Å². The molecule has 1 aliphatic heterocycles. The molecule has 2 aromatic rings. The van der Waals surface area contributed by atoms with E-state index in [0.717, 1.165) is 12.3 Å². The van der Waals surface area contributed by atoms with Crippen LogP contribution in [0.4, 0.5) is 0 Å². The highest BCUT2D eigenvalue weighted by molar-refractivity contribution is 5.46. The Hall–Kier alpha value is -1.80. The van der Waals surface area contributed by atoms with E-state index in [2.05, 4.69) is 41.7 Å². The van der Waals surface area contributed by atoms with Gasteiger partial charge in [-0.25, -0.2) is 0 Å². The second-order valence-electron chi connectivity index (χ2n) is 4.25. The number of benzene rings is 2. The molecule has 1 atom stereocenters. The van der Waals surface area contributed by atoms with Gasteiger partial charge in [0.15, 0.2) is 0 Å². The maximum atomic E-state index is 5.43. The van der Waals surface area contributed by atoms with Crippen LogP contribution >= 0.6 is 0 Å². The predicted molar refractivity (Wildman–Crippen MR) is 68.1 cm³/mol. The molecule has 1 aliphatic rings. The highest BCUT2D eigenvalue weighted by Crippen LogP contribution is 2.35. The van der Waals surface area contributed by atoms with Crippen LogP contribution in [0.1, 0.15) is 22.7 Å². The lowest BCUT2D eigenvalue weighted by Gasteiger charge is -2.16. The number of rotatable bonds is 2. The van der Waals surface area contributed by atoms with Gasteiger partial charge in [-0.2, -0.15) is 0 Å². The zero-order valence-corrected chi connectivity index (χ0v) is 9.81. The lowest BCUT2D eigenvalue weighted by atomic mass is 9.98. The monoisotopic (exact) mass is 225 g/mol. The summed E-state index contributed by atoms with van der Waals surface area (Å²) in [5, 5.41) is 3.53. The molecule has 2 heteroatoms. The maximum Gasteiger partial charge on any atom is 0.123 e. The van der Waals surface area contributed by atoms with Gasteiger partial charge < -0.3 is 10.1 Å². The van der Waals surface area contributed by atoms with Gasteiger partial charge in [0.25, 0.3) is 0 Å². The lowest BCUT2D eigenvalue weighted by molar-refractivity contribution is 0.405. The van der Waals surface area contributed by atoms with Crippen LogP contribution in [0.3, 0.4) is 0 Å². The Kier molecular flexibility index (Phi) is 2.57. The van der Waals surface area contributed by atoms with Crippen molar-refractivity contribution in [1.82, 2.24) is 5.32 Å². The largest absolute Gasteiger partial charge is 0.496 e. The zero-order valence-electron chi connectivity index (χ0n) is 9.81. The van der Waals surface area contributed by atoms with Gasteiger partial charge in [0.1, 0.15) is 5.75 Å². The predicted octanol–water partition coefficient (Wildman–Crippen LogP) is 2.89. The van der Waals surface area contributed by atoms with E-state index < -0.39 is 0 Å². The van der Waals surface area contributed by atoms with E-state index in [1.807, 2.05) is 12.1 Å². The molecule has 3 rings (SSSR count). The number of ether oxygens (including phenoxy) is 1. The molecule has 0 amide bonds. The van der Waals surface area contributed by atoms with Crippen LogP contribution in [0.25, 0.3) is 0 Å². The first-order chi connectivity index (χ1) is 8.40. The third-order valence-electron chi connectivity index (χ3n) is 3.31. The molecule has 86 valence electrons. The van der Waals surface area contributed by atoms with Crippen molar-refractivity contribution in [2.75, 3.05) is 7.11 Å². The molecule has 1 unspecified atom stereocenters. The van der Waals surface area contributed by atoms with E-state index in [4.69, 9.17) is 4.74 Å². The highest BCUT2D eigenvalue weighted by Gasteiger charge is 2.24. The molecule has 1 N–H and O–H groups in total. The normalized spacial score (nSPS) is 17.8. The first-order valence-corrected chi connectivity index (χ1v) is 5.84. The molecule has 0 spiro atoms. The lowest BCUT2D eigenvalue weighted by Crippen LogP contribution is -2.14. The van der Waals surface area contributed by atoms with Crippen molar-refractivity contribution < 1.29 is 4.74 Å². The Bertz CT molecular complexity index is 536. The summed E-state index contributed by atoms with van der Waals surface area (Å²) < 4.78 is 5.43. The van der Waals surface area contributed by atoms with E-state index in [1.165, 1.54) is 16.7 Å². The Morgan fingerprint density at radius 3 is 2.53 bits per heavy atom. The van der Waals surface area contributed by atoms with Crippen LogP contribution in [0.15, 0.2) is 48.5 Å². The fourth-order valence-corrected chi connectivity index (χ4v) is 2.48. The minimum Gasteiger partial charge on any atom is -0.496 e. The Labute approximate surface area is 101 Å². The SMILES string of the molecule is COc1ccccc1C1NCc2ccccc21. The molecule has 2 aromatic carbocycles. The molecular formula is C15H15NO. The third kappa shape index (κ3) is 1.71. The summed E-state index contributed by atoms with van der Waals surface area (Å²) in [4.78, 5) is 0. The van der Waals surface area contributed by atoms with Crippen molar-refractivity contribution >= 4 is 0 Å². The van der Waals surface area contributed by atoms with Gasteiger partial charge in [-0.15, -0.1) is 0 Å². The summed E-state index contributed by atoms with van der Waals surface area (Å²) in [6, 6.07) is 17.0. The number of hydrogen-bond acceptors (Lipinski definition) is 2. The van der Waals surface area contributed by atoms with E-state index in [9.17, 15) is 0 Å². The number of hydrogen-bond donors (Lipinski definition) is 1. The van der Waals surface area contributed by atoms with Gasteiger partial charge in [0, 0.05) is 12.1 Å². The Morgan fingerprint density at radius 1 is 1.00 bits per heavy atom. The van der Waals surface area contributed by atoms with E-state index >= 15 is 0 Å². The van der Waals surface area contributed by atoms with Crippen LogP contribution in [-0.4, -0.2) is 7.11 Å². The van der Waals surface area contributed by atoms with Gasteiger partial charge in [0.2, 0.25) is 0 Å². The topological polar surface area (TPSA) is 21.3 Å². The first kappa shape index (κ1) is 10.4. The zero-order chi connectivity index (χ0) is 11.7. The Morgan fingerprint density at radius 2 is 1.71 bits per heavy atom. The van der Waals surface area contributed by atoms with Crippen molar-refractivity contribution in [2.45, 2.75) is 12.6 Å². The summed E-state index contributed by atoms with van der Waals surface area (Å²) in [7, 11) is 1.72. The maximum absolute atomic E-state index is 5.43. The van der Waals surface area contributed by atoms with Crippen molar-refractivity contribution in [1.29, 1.82) is 0 Å². The molecule has 0 fully saturated rings. The smallest absolute Gasteiger partial charge is 0.123 e. The van der Waals surface area contributed by atoms with Gasteiger partial charge in [0.05, 0.1) is 13.2 Å². The third-order valence-corrected chi connectivity index (χ3v) is 3.31. The average molecular weight is 225 g/mol. The van der Waals surface area contributed by atoms with Crippen LogP contribution in [0.2, 0.25) is 0 Å². The van der Waals surface area contributed by atoms with Crippen molar-refractivity contribution in [3.63, 3.8) is 0 Å². The quantitative estimate of drug-likeness (QED) is 0.848. The van der Waals surface area contributed by atoms with Gasteiger partial charge in [-0.1, -0.05) is 42.5 Å². The second-order valence-corrected chi connectivity index (χ2v) is 4.25. The molecule has 0 aromatic heterocycles. The summed E-state index contributed by atoms with van der Waals surface area (Å²) >= 11 is 0. The molecule has 2 nitrogen and oxygen atoms in total. The minimum absolute atomic E-state index is 0.252. The van der Waals surface area contributed by atoms with E-state index in [-0.39, 0.29) is 6.04 Å². The number of methoxy groups -OCH3 is 1. The fourth-order valence-electron chi connectivity index (χ4n) is 2.48. The molecule has 0 saturated carbocycles. The summed E-state index contributed by atoms with van der Waals surface area (Å²) in [5.74, 6) is 0.946. The average Bonchev–Trinajstić information content (AvgIpc) is 2.82. The van der Waals surface area contributed by atoms with Crippen LogP contribution < -0.4 is 10.1 Å². The van der Waals surface area contributed by atoms with Gasteiger partial charge in [-0.3, -0.25) is 0 Å². The Balaban J connectivity index is 2.07. The highest BCUT2D eigenvalue weighted by atomic mass is 16.5.